The molecule has 1 saturated heterocycles. The molecule has 1 amide bonds. The van der Waals surface area contributed by atoms with E-state index in [0.29, 0.717) is 5.56 Å². The van der Waals surface area contributed by atoms with E-state index in [1.54, 1.807) is 17.6 Å². The second-order valence-corrected chi connectivity index (χ2v) is 10.6. The van der Waals surface area contributed by atoms with Gasteiger partial charge in [-0.3, -0.25) is 14.9 Å². The predicted octanol–water partition coefficient (Wildman–Crippen LogP) is 6.03. The van der Waals surface area contributed by atoms with E-state index >= 15 is 0 Å². The molecule has 2 aliphatic heterocycles. The van der Waals surface area contributed by atoms with Gasteiger partial charge in [0.25, 0.3) is 5.91 Å². The summed E-state index contributed by atoms with van der Waals surface area (Å²) < 4.78 is 0. The van der Waals surface area contributed by atoms with Gasteiger partial charge in [-0.25, -0.2) is 5.48 Å². The number of hydroxylamine groups is 1. The zero-order chi connectivity index (χ0) is 26.0. The number of hydrogen-bond donors (Lipinski definition) is 2. The summed E-state index contributed by atoms with van der Waals surface area (Å²) in [7, 11) is 0. The van der Waals surface area contributed by atoms with Gasteiger partial charge in [0, 0.05) is 41.9 Å². The van der Waals surface area contributed by atoms with Crippen LogP contribution in [0.15, 0.2) is 103 Å². The first-order valence-corrected chi connectivity index (χ1v) is 13.4. The molecule has 38 heavy (non-hydrogen) atoms. The summed E-state index contributed by atoms with van der Waals surface area (Å²) in [4.78, 5) is 16.8. The normalized spacial score (nSPS) is 16.4. The van der Waals surface area contributed by atoms with E-state index in [4.69, 9.17) is 5.21 Å². The number of piperidine rings is 1. The van der Waals surface area contributed by atoms with Gasteiger partial charge in [-0.15, -0.1) is 0 Å². The Labute approximate surface area is 224 Å². The summed E-state index contributed by atoms with van der Waals surface area (Å²) in [5, 5.41) is 8.86. The molecule has 2 heterocycles. The van der Waals surface area contributed by atoms with Crippen LogP contribution in [0.4, 0.5) is 5.69 Å². The molecule has 0 unspecified atom stereocenters. The number of carbonyl (C=O) groups is 1. The Morgan fingerprint density at radius 3 is 2.11 bits per heavy atom. The van der Waals surface area contributed by atoms with E-state index in [1.807, 2.05) is 12.1 Å². The Morgan fingerprint density at radius 2 is 1.42 bits per heavy atom. The molecule has 5 heteroatoms. The van der Waals surface area contributed by atoms with Crippen LogP contribution in [0, 0.1) is 0 Å². The molecule has 0 bridgehead atoms. The van der Waals surface area contributed by atoms with Crippen molar-refractivity contribution in [2.75, 3.05) is 24.5 Å². The summed E-state index contributed by atoms with van der Waals surface area (Å²) in [5.74, 6) is -0.480. The Hall–Kier alpha value is -3.93. The van der Waals surface area contributed by atoms with Gasteiger partial charge >= 0.3 is 0 Å². The lowest BCUT2D eigenvalue weighted by Crippen LogP contribution is -2.44. The molecule has 0 radical (unpaired) electrons. The number of rotatable bonds is 6. The van der Waals surface area contributed by atoms with E-state index in [1.165, 1.54) is 33.5 Å². The fraction of sp³-hybridized carbons (Fsp3) is 0.242. The summed E-state index contributed by atoms with van der Waals surface area (Å²) in [6.45, 7) is 4.89. The molecule has 1 spiro atoms. The lowest BCUT2D eigenvalue weighted by Gasteiger charge is -2.40. The Kier molecular flexibility index (Phi) is 6.71. The zero-order valence-corrected chi connectivity index (χ0v) is 21.5. The fourth-order valence-electron chi connectivity index (χ4n) is 6.28. The number of likely N-dealkylation sites (tertiary alicyclic amines) is 1. The number of benzene rings is 4. The molecule has 0 aliphatic carbocycles. The molecule has 192 valence electrons. The van der Waals surface area contributed by atoms with Crippen LogP contribution in [0.25, 0.3) is 11.1 Å². The highest BCUT2D eigenvalue weighted by atomic mass is 16.5. The van der Waals surface area contributed by atoms with E-state index in [9.17, 15) is 4.79 Å². The molecule has 5 nitrogen and oxygen atoms in total. The number of para-hydroxylation sites is 1. The van der Waals surface area contributed by atoms with Gasteiger partial charge in [0.1, 0.15) is 0 Å². The van der Waals surface area contributed by atoms with Gasteiger partial charge in [-0.05, 0) is 60.3 Å². The van der Waals surface area contributed by atoms with Crippen molar-refractivity contribution in [1.29, 1.82) is 0 Å². The third-order valence-electron chi connectivity index (χ3n) is 8.26. The maximum atomic E-state index is 11.6. The van der Waals surface area contributed by atoms with Crippen molar-refractivity contribution in [2.24, 2.45) is 0 Å². The second-order valence-electron chi connectivity index (χ2n) is 10.6. The summed E-state index contributed by atoms with van der Waals surface area (Å²) in [5.41, 5.74) is 10.3. The summed E-state index contributed by atoms with van der Waals surface area (Å²) in [6.07, 6.45) is 2.24. The van der Waals surface area contributed by atoms with E-state index in [0.717, 1.165) is 45.6 Å². The number of nitrogens with one attached hydrogen (secondary N) is 1. The Balaban J connectivity index is 1.25. The average Bonchev–Trinajstić information content (AvgIpc) is 3.28. The van der Waals surface area contributed by atoms with Crippen LogP contribution in [0.3, 0.4) is 0 Å². The van der Waals surface area contributed by atoms with Gasteiger partial charge in [0.2, 0.25) is 0 Å². The summed E-state index contributed by atoms with van der Waals surface area (Å²) in [6, 6.07) is 36.0. The van der Waals surface area contributed by atoms with Gasteiger partial charge in [-0.2, -0.15) is 0 Å². The molecule has 4 aromatic carbocycles. The van der Waals surface area contributed by atoms with E-state index in [2.05, 4.69) is 88.7 Å². The smallest absolute Gasteiger partial charge is 0.274 e. The molecule has 4 aromatic rings. The number of carbonyl (C=O) groups excluding carboxylic acids is 1. The van der Waals surface area contributed by atoms with Crippen molar-refractivity contribution in [3.8, 4) is 11.1 Å². The fourth-order valence-corrected chi connectivity index (χ4v) is 6.28. The van der Waals surface area contributed by atoms with Crippen LogP contribution < -0.4 is 10.4 Å². The average molecular weight is 504 g/mol. The highest BCUT2D eigenvalue weighted by molar-refractivity contribution is 5.93. The van der Waals surface area contributed by atoms with Crippen LogP contribution in [0.2, 0.25) is 0 Å². The van der Waals surface area contributed by atoms with Gasteiger partial charge in [0.05, 0.1) is 0 Å². The van der Waals surface area contributed by atoms with Gasteiger partial charge in [0.15, 0.2) is 0 Å². The van der Waals surface area contributed by atoms with Gasteiger partial charge < -0.3 is 4.90 Å². The minimum absolute atomic E-state index is 0.147. The zero-order valence-electron chi connectivity index (χ0n) is 21.5. The topological polar surface area (TPSA) is 55.8 Å². The lowest BCUT2D eigenvalue weighted by molar-refractivity contribution is 0.0706. The van der Waals surface area contributed by atoms with Crippen molar-refractivity contribution in [3.63, 3.8) is 0 Å². The highest BCUT2D eigenvalue weighted by Gasteiger charge is 2.45. The van der Waals surface area contributed by atoms with Crippen molar-refractivity contribution in [1.82, 2.24) is 10.4 Å². The maximum Gasteiger partial charge on any atom is 0.274 e. The first-order chi connectivity index (χ1) is 18.6. The number of fused-ring (bicyclic) bond motifs is 2. The van der Waals surface area contributed by atoms with Crippen LogP contribution in [-0.2, 0) is 18.5 Å². The Bertz CT molecular complexity index is 1400. The third kappa shape index (κ3) is 4.71. The standard InChI is InChI=1S/C33H33N3O2/c37-32(34-38)28-16-14-26(15-17-28)22-35-20-18-33(19-21-35)24-36(23-25-8-3-1-4-9-25)31-29(12-7-13-30(31)33)27-10-5-2-6-11-27/h1-17,38H,18-24H2,(H,34,37). The van der Waals surface area contributed by atoms with Gasteiger partial charge in [-0.1, -0.05) is 91.0 Å². The molecule has 6 rings (SSSR count). The minimum Gasteiger partial charge on any atom is -0.366 e. The van der Waals surface area contributed by atoms with Crippen LogP contribution in [0.5, 0.6) is 0 Å². The van der Waals surface area contributed by atoms with E-state index in [-0.39, 0.29) is 5.41 Å². The number of hydrogen-bond acceptors (Lipinski definition) is 4. The largest absolute Gasteiger partial charge is 0.366 e. The molecule has 0 saturated carbocycles. The molecule has 2 N–H and O–H groups in total. The van der Waals surface area contributed by atoms with Crippen LogP contribution >= 0.6 is 0 Å². The van der Waals surface area contributed by atoms with Crippen molar-refractivity contribution in [2.45, 2.75) is 31.3 Å². The second kappa shape index (κ2) is 10.4. The third-order valence-corrected chi connectivity index (χ3v) is 8.26. The molecular weight excluding hydrogens is 470 g/mol. The molecule has 1 fully saturated rings. The highest BCUT2D eigenvalue weighted by Crippen LogP contribution is 2.51. The molecule has 0 aromatic heterocycles. The monoisotopic (exact) mass is 503 g/mol. The number of nitrogens with zero attached hydrogens (tertiary/aromatic N) is 2. The first kappa shape index (κ1) is 24.4. The van der Waals surface area contributed by atoms with Crippen molar-refractivity contribution in [3.05, 3.63) is 125 Å². The number of amides is 1. The lowest BCUT2D eigenvalue weighted by atomic mass is 9.73. The predicted molar refractivity (Wildman–Crippen MR) is 151 cm³/mol. The SMILES string of the molecule is O=C(NO)c1ccc(CN2CCC3(CC2)CN(Cc2ccccc2)c2c(-c4ccccc4)cccc23)cc1. The molecule has 0 atom stereocenters. The molecular formula is C33H33N3O2. The Morgan fingerprint density at radius 1 is 0.763 bits per heavy atom. The minimum atomic E-state index is -0.480. The van der Waals surface area contributed by atoms with Crippen molar-refractivity contribution >= 4 is 11.6 Å². The maximum absolute atomic E-state index is 11.6. The van der Waals surface area contributed by atoms with Crippen molar-refractivity contribution < 1.29 is 10.0 Å². The van der Waals surface area contributed by atoms with E-state index < -0.39 is 5.91 Å². The van der Waals surface area contributed by atoms with Crippen LogP contribution in [0.1, 0.15) is 39.9 Å². The first-order valence-electron chi connectivity index (χ1n) is 13.4. The quantitative estimate of drug-likeness (QED) is 0.249. The number of anilines is 1. The molecule has 2 aliphatic rings. The summed E-state index contributed by atoms with van der Waals surface area (Å²) >= 11 is 0. The van der Waals surface area contributed by atoms with Crippen LogP contribution in [-0.4, -0.2) is 35.6 Å².